The lowest BCUT2D eigenvalue weighted by atomic mass is 9.78. The Balaban J connectivity index is 1.84. The van der Waals surface area contributed by atoms with Gasteiger partial charge in [-0.25, -0.2) is 4.39 Å². The zero-order valence-corrected chi connectivity index (χ0v) is 11.2. The summed E-state index contributed by atoms with van der Waals surface area (Å²) in [7, 11) is 1.71. The number of ether oxygens (including phenoxy) is 1. The Kier molecular flexibility index (Phi) is 3.12. The normalized spacial score (nSPS) is 34.7. The molecular formula is C15H20FNO2. The maximum atomic E-state index is 13.3. The van der Waals surface area contributed by atoms with Crippen molar-refractivity contribution in [3.63, 3.8) is 0 Å². The number of rotatable bonds is 4. The van der Waals surface area contributed by atoms with Crippen molar-refractivity contribution in [2.75, 3.05) is 13.7 Å². The largest absolute Gasteiger partial charge is 0.386 e. The van der Waals surface area contributed by atoms with E-state index in [0.717, 1.165) is 25.7 Å². The van der Waals surface area contributed by atoms with Crippen LogP contribution in [0.25, 0.3) is 0 Å². The van der Waals surface area contributed by atoms with Gasteiger partial charge in [0.25, 0.3) is 0 Å². The minimum Gasteiger partial charge on any atom is -0.386 e. The molecule has 1 atom stereocenters. The Morgan fingerprint density at radius 1 is 1.37 bits per heavy atom. The van der Waals surface area contributed by atoms with E-state index in [1.54, 1.807) is 19.2 Å². The van der Waals surface area contributed by atoms with Gasteiger partial charge in [-0.1, -0.05) is 12.1 Å². The summed E-state index contributed by atoms with van der Waals surface area (Å²) in [5, 5.41) is 14.2. The van der Waals surface area contributed by atoms with Crippen molar-refractivity contribution < 1.29 is 14.2 Å². The molecule has 4 heteroatoms. The highest BCUT2D eigenvalue weighted by Crippen LogP contribution is 2.50. The number of hydrogen-bond acceptors (Lipinski definition) is 3. The summed E-state index contributed by atoms with van der Waals surface area (Å²) in [4.78, 5) is 0. The highest BCUT2D eigenvalue weighted by molar-refractivity contribution is 5.27. The molecule has 2 saturated heterocycles. The van der Waals surface area contributed by atoms with E-state index in [9.17, 15) is 9.50 Å². The monoisotopic (exact) mass is 265 g/mol. The van der Waals surface area contributed by atoms with Crippen LogP contribution >= 0.6 is 0 Å². The van der Waals surface area contributed by atoms with E-state index in [0.29, 0.717) is 12.2 Å². The number of aliphatic hydroxyl groups excluding tert-OH is 1. The second-order valence-electron chi connectivity index (χ2n) is 5.95. The van der Waals surface area contributed by atoms with E-state index < -0.39 is 6.10 Å². The van der Waals surface area contributed by atoms with Gasteiger partial charge in [-0.3, -0.25) is 0 Å². The van der Waals surface area contributed by atoms with E-state index >= 15 is 0 Å². The maximum Gasteiger partial charge on any atom is 0.123 e. The summed E-state index contributed by atoms with van der Waals surface area (Å²) in [5.41, 5.74) is 0.345. The molecule has 19 heavy (non-hydrogen) atoms. The number of methoxy groups -OCH3 is 1. The number of aliphatic hydroxyl groups is 1. The fourth-order valence-corrected chi connectivity index (χ4v) is 3.75. The van der Waals surface area contributed by atoms with Crippen LogP contribution < -0.4 is 5.32 Å². The lowest BCUT2D eigenvalue weighted by Gasteiger charge is -2.32. The Morgan fingerprint density at radius 3 is 2.74 bits per heavy atom. The molecule has 3 nitrogen and oxygen atoms in total. The second kappa shape index (κ2) is 4.54. The number of benzene rings is 1. The van der Waals surface area contributed by atoms with Crippen molar-refractivity contribution in [2.24, 2.45) is 0 Å². The Bertz CT molecular complexity index is 469. The maximum absolute atomic E-state index is 13.3. The van der Waals surface area contributed by atoms with Gasteiger partial charge in [0.2, 0.25) is 0 Å². The van der Waals surface area contributed by atoms with Crippen molar-refractivity contribution in [3.05, 3.63) is 35.6 Å². The number of nitrogens with one attached hydrogen (secondary N) is 1. The third-order valence-corrected chi connectivity index (χ3v) is 4.72. The predicted molar refractivity (Wildman–Crippen MR) is 70.3 cm³/mol. The Morgan fingerprint density at radius 2 is 2.11 bits per heavy atom. The summed E-state index contributed by atoms with van der Waals surface area (Å²) in [5.74, 6) is -0.299. The lowest BCUT2D eigenvalue weighted by molar-refractivity contribution is 0.0719. The van der Waals surface area contributed by atoms with Crippen LogP contribution in [-0.2, 0) is 4.74 Å². The number of fused-ring (bicyclic) bond motifs is 2. The molecule has 2 heterocycles. The Labute approximate surface area is 112 Å². The van der Waals surface area contributed by atoms with Crippen molar-refractivity contribution in [1.29, 1.82) is 0 Å². The van der Waals surface area contributed by atoms with Crippen LogP contribution in [0.2, 0.25) is 0 Å². The summed E-state index contributed by atoms with van der Waals surface area (Å²) in [6, 6.07) is 6.27. The predicted octanol–water partition coefficient (Wildman–Crippen LogP) is 2.16. The van der Waals surface area contributed by atoms with E-state index in [1.165, 1.54) is 12.1 Å². The molecule has 0 aliphatic carbocycles. The molecule has 0 aromatic heterocycles. The zero-order chi connectivity index (χ0) is 13.5. The lowest BCUT2D eigenvalue weighted by Crippen LogP contribution is -2.48. The van der Waals surface area contributed by atoms with E-state index in [4.69, 9.17) is 4.74 Å². The summed E-state index contributed by atoms with van der Waals surface area (Å²) >= 11 is 0. The minimum absolute atomic E-state index is 0.00303. The molecule has 2 fully saturated rings. The van der Waals surface area contributed by atoms with Crippen LogP contribution in [0.4, 0.5) is 4.39 Å². The number of hydrogen-bond donors (Lipinski definition) is 2. The highest BCUT2D eigenvalue weighted by Gasteiger charge is 2.57. The van der Waals surface area contributed by atoms with Crippen molar-refractivity contribution in [3.8, 4) is 0 Å². The summed E-state index contributed by atoms with van der Waals surface area (Å²) in [6.45, 7) is 0.671. The SMILES string of the molecule is COCC12CCC([C@@H](O)c3cccc(F)c3)(CC1)N2. The van der Waals surface area contributed by atoms with Gasteiger partial charge in [-0.15, -0.1) is 0 Å². The molecule has 3 rings (SSSR count). The van der Waals surface area contributed by atoms with E-state index in [1.807, 2.05) is 0 Å². The molecule has 2 aliphatic heterocycles. The second-order valence-corrected chi connectivity index (χ2v) is 5.95. The van der Waals surface area contributed by atoms with E-state index in [2.05, 4.69) is 5.32 Å². The molecule has 104 valence electrons. The molecule has 1 aromatic rings. The first-order valence-electron chi connectivity index (χ1n) is 6.81. The molecule has 0 spiro atoms. The number of halogens is 1. The van der Waals surface area contributed by atoms with Crippen molar-refractivity contribution in [1.82, 2.24) is 5.32 Å². The van der Waals surface area contributed by atoms with Gasteiger partial charge >= 0.3 is 0 Å². The highest BCUT2D eigenvalue weighted by atomic mass is 19.1. The Hall–Kier alpha value is -0.970. The van der Waals surface area contributed by atoms with Crippen LogP contribution in [-0.4, -0.2) is 29.9 Å². The van der Waals surface area contributed by atoms with Gasteiger partial charge in [0.15, 0.2) is 0 Å². The van der Waals surface area contributed by atoms with Crippen LogP contribution in [0.3, 0.4) is 0 Å². The fourth-order valence-electron chi connectivity index (χ4n) is 3.75. The third kappa shape index (κ3) is 2.08. The van der Waals surface area contributed by atoms with Crippen LogP contribution in [0.15, 0.2) is 24.3 Å². The molecule has 2 N–H and O–H groups in total. The van der Waals surface area contributed by atoms with Gasteiger partial charge in [-0.05, 0) is 43.4 Å². The van der Waals surface area contributed by atoms with Crippen molar-refractivity contribution in [2.45, 2.75) is 42.9 Å². The van der Waals surface area contributed by atoms with Gasteiger partial charge < -0.3 is 15.2 Å². The van der Waals surface area contributed by atoms with Crippen LogP contribution in [0, 0.1) is 5.82 Å². The van der Waals surface area contributed by atoms with Gasteiger partial charge in [0.05, 0.1) is 12.7 Å². The summed E-state index contributed by atoms with van der Waals surface area (Å²) in [6.07, 6.45) is 3.17. The molecule has 0 unspecified atom stereocenters. The quantitative estimate of drug-likeness (QED) is 0.876. The molecule has 0 saturated carbocycles. The smallest absolute Gasteiger partial charge is 0.123 e. The van der Waals surface area contributed by atoms with Crippen LogP contribution in [0.5, 0.6) is 0 Å². The van der Waals surface area contributed by atoms with Gasteiger partial charge in [-0.2, -0.15) is 0 Å². The average Bonchev–Trinajstić information content (AvgIpc) is 2.95. The standard InChI is InChI=1S/C15H20FNO2/c1-19-10-14-5-7-15(17-14,8-6-14)13(18)11-3-2-4-12(16)9-11/h2-4,9,13,17-18H,5-8,10H2,1H3/t13-,14?,15?/m0/s1. The van der Waals surface area contributed by atoms with Crippen LogP contribution in [0.1, 0.15) is 37.4 Å². The van der Waals surface area contributed by atoms with Gasteiger partial charge in [0.1, 0.15) is 5.82 Å². The molecule has 0 amide bonds. The minimum atomic E-state index is -0.663. The fraction of sp³-hybridized carbons (Fsp3) is 0.600. The van der Waals surface area contributed by atoms with Gasteiger partial charge in [0, 0.05) is 18.2 Å². The molecule has 0 radical (unpaired) electrons. The van der Waals surface area contributed by atoms with E-state index in [-0.39, 0.29) is 16.9 Å². The molecular weight excluding hydrogens is 245 g/mol. The summed E-state index contributed by atoms with van der Waals surface area (Å²) < 4.78 is 18.6. The first-order chi connectivity index (χ1) is 9.09. The molecule has 1 aromatic carbocycles. The topological polar surface area (TPSA) is 41.5 Å². The third-order valence-electron chi connectivity index (χ3n) is 4.72. The first-order valence-corrected chi connectivity index (χ1v) is 6.81. The molecule has 2 bridgehead atoms. The average molecular weight is 265 g/mol. The molecule has 2 aliphatic rings. The zero-order valence-electron chi connectivity index (χ0n) is 11.2. The van der Waals surface area contributed by atoms with Crippen molar-refractivity contribution >= 4 is 0 Å². The first kappa shape index (κ1) is 13.0.